The Kier molecular flexibility index (Phi) is 4.08. The molecule has 1 aliphatic heterocycles. The zero-order valence-corrected chi connectivity index (χ0v) is 13.2. The largest absolute Gasteiger partial charge is 0.389 e. The highest BCUT2D eigenvalue weighted by molar-refractivity contribution is 7.89. The number of sulfonamides is 1. The van der Waals surface area contributed by atoms with E-state index in [1.807, 2.05) is 0 Å². The van der Waals surface area contributed by atoms with Crippen LogP contribution >= 0.6 is 0 Å². The van der Waals surface area contributed by atoms with Crippen molar-refractivity contribution in [2.45, 2.75) is 56.1 Å². The molecule has 1 N–H and O–H groups in total. The maximum absolute atomic E-state index is 12.8. The molecular formula is C16H23NO3S. The van der Waals surface area contributed by atoms with Crippen molar-refractivity contribution in [3.63, 3.8) is 0 Å². The molecule has 1 saturated carbocycles. The lowest BCUT2D eigenvalue weighted by molar-refractivity contribution is 0.199. The second-order valence-corrected chi connectivity index (χ2v) is 8.15. The molecule has 2 aliphatic rings. The summed E-state index contributed by atoms with van der Waals surface area (Å²) in [5.41, 5.74) is 0.742. The zero-order valence-electron chi connectivity index (χ0n) is 12.4. The van der Waals surface area contributed by atoms with E-state index in [-0.39, 0.29) is 6.04 Å². The molecule has 0 spiro atoms. The van der Waals surface area contributed by atoms with Crippen molar-refractivity contribution in [1.82, 2.24) is 4.31 Å². The Morgan fingerprint density at radius 1 is 1.14 bits per heavy atom. The number of fused-ring (bicyclic) bond motifs is 1. The molecule has 0 aromatic heterocycles. The zero-order chi connectivity index (χ0) is 15.0. The normalized spacial score (nSPS) is 28.3. The van der Waals surface area contributed by atoms with Crippen molar-refractivity contribution >= 4 is 10.0 Å². The van der Waals surface area contributed by atoms with Crippen LogP contribution in [0.25, 0.3) is 0 Å². The van der Waals surface area contributed by atoms with Gasteiger partial charge in [-0.3, -0.25) is 0 Å². The van der Waals surface area contributed by atoms with Gasteiger partial charge in [-0.25, -0.2) is 8.42 Å². The summed E-state index contributed by atoms with van der Waals surface area (Å²) >= 11 is 0. The number of aliphatic hydroxyl groups is 1. The van der Waals surface area contributed by atoms with Crippen LogP contribution in [0.5, 0.6) is 0 Å². The Hall–Kier alpha value is -0.910. The molecule has 1 aromatic carbocycles. The molecule has 21 heavy (non-hydrogen) atoms. The summed E-state index contributed by atoms with van der Waals surface area (Å²) in [6.07, 6.45) is 4.95. The summed E-state index contributed by atoms with van der Waals surface area (Å²) in [6.45, 7) is 2.33. The Balaban J connectivity index is 1.86. The minimum absolute atomic E-state index is 0.195. The standard InChI is InChI=1S/C16H23NO3S/c1-12(18)13-6-8-15(9-7-13)21(19,20)17-11-10-14-4-2-3-5-16(14)17/h6-9,12,14,16,18H,2-5,10-11H2,1H3. The molecule has 0 amide bonds. The highest BCUT2D eigenvalue weighted by Crippen LogP contribution is 2.39. The molecule has 3 rings (SSSR count). The van der Waals surface area contributed by atoms with Crippen molar-refractivity contribution in [1.29, 1.82) is 0 Å². The maximum atomic E-state index is 12.8. The number of benzene rings is 1. The van der Waals surface area contributed by atoms with E-state index in [9.17, 15) is 13.5 Å². The van der Waals surface area contributed by atoms with Gasteiger partial charge in [-0.1, -0.05) is 25.0 Å². The van der Waals surface area contributed by atoms with Crippen molar-refractivity contribution in [2.24, 2.45) is 5.92 Å². The molecule has 0 radical (unpaired) electrons. The van der Waals surface area contributed by atoms with E-state index < -0.39 is 16.1 Å². The van der Waals surface area contributed by atoms with Crippen LogP contribution in [0.15, 0.2) is 29.2 Å². The first-order valence-corrected chi connectivity index (χ1v) is 9.24. The molecule has 5 heteroatoms. The number of aliphatic hydroxyl groups excluding tert-OH is 1. The fourth-order valence-corrected chi connectivity index (χ4v) is 5.45. The van der Waals surface area contributed by atoms with Gasteiger partial charge in [0, 0.05) is 12.6 Å². The molecule has 0 bridgehead atoms. The predicted octanol–water partition coefficient (Wildman–Crippen LogP) is 2.69. The van der Waals surface area contributed by atoms with Crippen LogP contribution in [0.3, 0.4) is 0 Å². The van der Waals surface area contributed by atoms with E-state index in [0.29, 0.717) is 17.4 Å². The average molecular weight is 309 g/mol. The maximum Gasteiger partial charge on any atom is 0.243 e. The van der Waals surface area contributed by atoms with Gasteiger partial charge in [-0.2, -0.15) is 4.31 Å². The van der Waals surface area contributed by atoms with E-state index in [1.165, 1.54) is 6.42 Å². The van der Waals surface area contributed by atoms with Crippen LogP contribution < -0.4 is 0 Å². The van der Waals surface area contributed by atoms with Crippen molar-refractivity contribution < 1.29 is 13.5 Å². The highest BCUT2D eigenvalue weighted by Gasteiger charge is 2.42. The molecule has 116 valence electrons. The van der Waals surface area contributed by atoms with Gasteiger partial charge in [-0.15, -0.1) is 0 Å². The predicted molar refractivity (Wildman–Crippen MR) is 81.3 cm³/mol. The molecule has 1 heterocycles. The smallest absolute Gasteiger partial charge is 0.243 e. The fourth-order valence-electron chi connectivity index (χ4n) is 3.71. The minimum atomic E-state index is -3.40. The van der Waals surface area contributed by atoms with Gasteiger partial charge in [0.2, 0.25) is 10.0 Å². The molecule has 3 atom stereocenters. The van der Waals surface area contributed by atoms with Gasteiger partial charge in [-0.05, 0) is 49.8 Å². The van der Waals surface area contributed by atoms with Crippen molar-refractivity contribution in [3.05, 3.63) is 29.8 Å². The number of hydrogen-bond acceptors (Lipinski definition) is 3. The first-order chi connectivity index (χ1) is 10.00. The van der Waals surface area contributed by atoms with Gasteiger partial charge < -0.3 is 5.11 Å². The third-order valence-electron chi connectivity index (χ3n) is 4.93. The molecule has 1 aromatic rings. The Morgan fingerprint density at radius 2 is 1.81 bits per heavy atom. The topological polar surface area (TPSA) is 57.6 Å². The quantitative estimate of drug-likeness (QED) is 0.934. The average Bonchev–Trinajstić information content (AvgIpc) is 2.92. The molecule has 2 fully saturated rings. The van der Waals surface area contributed by atoms with Gasteiger partial charge >= 0.3 is 0 Å². The summed E-state index contributed by atoms with van der Waals surface area (Å²) in [5, 5.41) is 9.52. The Bertz CT molecular complexity index is 594. The summed E-state index contributed by atoms with van der Waals surface area (Å²) in [7, 11) is -3.40. The lowest BCUT2D eigenvalue weighted by Gasteiger charge is -2.31. The summed E-state index contributed by atoms with van der Waals surface area (Å²) in [4.78, 5) is 0.345. The molecular weight excluding hydrogens is 286 g/mol. The lowest BCUT2D eigenvalue weighted by Crippen LogP contribution is -2.39. The second-order valence-electron chi connectivity index (χ2n) is 6.26. The first kappa shape index (κ1) is 15.0. The van der Waals surface area contributed by atoms with Crippen LogP contribution in [-0.2, 0) is 10.0 Å². The van der Waals surface area contributed by atoms with E-state index in [4.69, 9.17) is 0 Å². The van der Waals surface area contributed by atoms with Gasteiger partial charge in [0.15, 0.2) is 0 Å². The van der Waals surface area contributed by atoms with Gasteiger partial charge in [0.05, 0.1) is 11.0 Å². The van der Waals surface area contributed by atoms with E-state index in [1.54, 1.807) is 35.5 Å². The van der Waals surface area contributed by atoms with Crippen LogP contribution in [0.4, 0.5) is 0 Å². The lowest BCUT2D eigenvalue weighted by atomic mass is 9.86. The highest BCUT2D eigenvalue weighted by atomic mass is 32.2. The number of rotatable bonds is 3. The third kappa shape index (κ3) is 2.74. The van der Waals surface area contributed by atoms with Crippen LogP contribution in [0.2, 0.25) is 0 Å². The SMILES string of the molecule is CC(O)c1ccc(S(=O)(=O)N2CCC3CCCCC32)cc1. The molecule has 3 unspecified atom stereocenters. The molecule has 4 nitrogen and oxygen atoms in total. The van der Waals surface area contributed by atoms with Gasteiger partial charge in [0.1, 0.15) is 0 Å². The molecule has 1 aliphatic carbocycles. The minimum Gasteiger partial charge on any atom is -0.389 e. The van der Waals surface area contributed by atoms with E-state index in [2.05, 4.69) is 0 Å². The third-order valence-corrected chi connectivity index (χ3v) is 6.87. The first-order valence-electron chi connectivity index (χ1n) is 7.80. The van der Waals surface area contributed by atoms with Crippen molar-refractivity contribution in [3.8, 4) is 0 Å². The Labute approximate surface area is 126 Å². The van der Waals surface area contributed by atoms with Crippen LogP contribution in [0.1, 0.15) is 50.7 Å². The van der Waals surface area contributed by atoms with E-state index >= 15 is 0 Å². The number of hydrogen-bond donors (Lipinski definition) is 1. The van der Waals surface area contributed by atoms with Gasteiger partial charge in [0.25, 0.3) is 0 Å². The Morgan fingerprint density at radius 3 is 2.48 bits per heavy atom. The van der Waals surface area contributed by atoms with Crippen LogP contribution in [-0.4, -0.2) is 30.4 Å². The summed E-state index contributed by atoms with van der Waals surface area (Å²) in [6, 6.07) is 6.83. The second kappa shape index (κ2) is 5.71. The number of nitrogens with zero attached hydrogens (tertiary/aromatic N) is 1. The summed E-state index contributed by atoms with van der Waals surface area (Å²) < 4.78 is 27.4. The van der Waals surface area contributed by atoms with Crippen LogP contribution in [0, 0.1) is 5.92 Å². The van der Waals surface area contributed by atoms with E-state index in [0.717, 1.165) is 31.2 Å². The van der Waals surface area contributed by atoms with Crippen molar-refractivity contribution in [2.75, 3.05) is 6.54 Å². The monoisotopic (exact) mass is 309 g/mol. The molecule has 1 saturated heterocycles. The fraction of sp³-hybridized carbons (Fsp3) is 0.625. The summed E-state index contributed by atoms with van der Waals surface area (Å²) in [5.74, 6) is 0.547.